The molecule has 0 aromatic heterocycles. The first-order valence-corrected chi connectivity index (χ1v) is 22.7. The Morgan fingerprint density at radius 2 is 0.629 bits per heavy atom. The van der Waals surface area contributed by atoms with E-state index in [9.17, 15) is 19.2 Å². The molecule has 4 aliphatic rings. The molecule has 0 saturated heterocycles. The maximum atomic E-state index is 14.2. The van der Waals surface area contributed by atoms with Gasteiger partial charge in [0.2, 0.25) is 0 Å². The molecule has 0 N–H and O–H groups in total. The van der Waals surface area contributed by atoms with E-state index in [2.05, 4.69) is 9.80 Å². The molecule has 0 spiro atoms. The van der Waals surface area contributed by atoms with Crippen LogP contribution in [0.3, 0.4) is 0 Å². The second-order valence-corrected chi connectivity index (χ2v) is 17.7. The normalized spacial score (nSPS) is 14.2. The Morgan fingerprint density at radius 1 is 0.286 bits per heavy atom. The molecule has 15 rings (SSSR count). The van der Waals surface area contributed by atoms with E-state index in [0.717, 1.165) is 89.8 Å². The van der Waals surface area contributed by atoms with E-state index in [1.807, 2.05) is 170 Å². The molecule has 0 bridgehead atoms. The second kappa shape index (κ2) is 13.9. The van der Waals surface area contributed by atoms with Gasteiger partial charge in [0.25, 0.3) is 0 Å². The highest BCUT2D eigenvalue weighted by Crippen LogP contribution is 2.54. The fraction of sp³-hybridized carbons (Fsp3) is 0. The number of hydrogen-bond acceptors (Lipinski definition) is 10. The molecule has 0 radical (unpaired) electrons. The minimum Gasteiger partial charge on any atom is -0.453 e. The van der Waals surface area contributed by atoms with Gasteiger partial charge in [-0.15, -0.1) is 0 Å². The Kier molecular flexibility index (Phi) is 7.60. The summed E-state index contributed by atoms with van der Waals surface area (Å²) in [5, 5.41) is 5.34. The van der Waals surface area contributed by atoms with Gasteiger partial charge in [-0.25, -0.2) is 19.2 Å². The number of carbonyl (C=O) groups is 4. The van der Waals surface area contributed by atoms with Crippen molar-refractivity contribution in [1.82, 2.24) is 0 Å². The van der Waals surface area contributed by atoms with Gasteiger partial charge in [-0.05, 0) is 152 Å². The minimum atomic E-state index is -0.744. The van der Waals surface area contributed by atoms with Gasteiger partial charge in [0.1, 0.15) is 0 Å². The van der Waals surface area contributed by atoms with Crippen LogP contribution in [0, 0.1) is 0 Å². The number of anilines is 6. The van der Waals surface area contributed by atoms with Gasteiger partial charge < -0.3 is 28.7 Å². The third-order valence-corrected chi connectivity index (χ3v) is 14.1. The van der Waals surface area contributed by atoms with E-state index in [4.69, 9.17) is 18.9 Å². The molecule has 4 heterocycles. The Labute approximate surface area is 397 Å². The molecule has 10 nitrogen and oxygen atoms in total. The smallest absolute Gasteiger partial charge is 0.347 e. The van der Waals surface area contributed by atoms with E-state index in [0.29, 0.717) is 32.7 Å². The number of ether oxygens (including phenoxy) is 4. The number of carbonyl (C=O) groups excluding carboxylic acids is 4. The van der Waals surface area contributed by atoms with Crippen molar-refractivity contribution < 1.29 is 38.1 Å². The van der Waals surface area contributed by atoms with Gasteiger partial charge in [0, 0.05) is 22.1 Å². The van der Waals surface area contributed by atoms with Crippen LogP contribution < -0.4 is 19.3 Å². The Morgan fingerprint density at radius 3 is 0.986 bits per heavy atom. The maximum Gasteiger partial charge on any atom is 0.347 e. The minimum absolute atomic E-state index is 0.268. The molecule has 0 saturated carbocycles. The van der Waals surface area contributed by atoms with Gasteiger partial charge in [0.15, 0.2) is 23.0 Å². The highest BCUT2D eigenvalue weighted by Gasteiger charge is 2.37. The highest BCUT2D eigenvalue weighted by atomic mass is 16.6. The summed E-state index contributed by atoms with van der Waals surface area (Å²) >= 11 is 0. The summed E-state index contributed by atoms with van der Waals surface area (Å²) in [5.74, 6) is -0.0605. The topological polar surface area (TPSA) is 112 Å². The van der Waals surface area contributed by atoms with E-state index in [-0.39, 0.29) is 22.3 Å². The van der Waals surface area contributed by atoms with Crippen LogP contribution in [0.5, 0.6) is 23.0 Å². The molecule has 0 atom stereocenters. The van der Waals surface area contributed by atoms with Gasteiger partial charge in [0.05, 0.1) is 45.0 Å². The third-order valence-electron chi connectivity index (χ3n) is 14.1. The monoisotopic (exact) mass is 906 g/mol. The van der Waals surface area contributed by atoms with Crippen LogP contribution in [-0.4, -0.2) is 23.9 Å². The van der Waals surface area contributed by atoms with Crippen molar-refractivity contribution in [2.45, 2.75) is 0 Å². The molecule has 0 unspecified atom stereocenters. The number of esters is 4. The first-order chi connectivity index (χ1) is 34.4. The predicted octanol–water partition coefficient (Wildman–Crippen LogP) is 14.8. The third kappa shape index (κ3) is 5.15. The van der Waals surface area contributed by atoms with E-state index in [1.54, 1.807) is 12.1 Å². The molecular weight excluding hydrogens is 877 g/mol. The lowest BCUT2D eigenvalue weighted by Gasteiger charge is -2.32. The zero-order chi connectivity index (χ0) is 46.5. The SMILES string of the molecule is O=C1OC(=O)c2c(-c3ccc(N4c5ccccc5Oc5ccccc54)cc3)cc3c4ccc5c6c(c(-c7ccc(N8c9ccccc9Oc9ccccc98)cc7)cc(c7ccc1c2c73)c64)C(=O)OC5=O. The summed E-state index contributed by atoms with van der Waals surface area (Å²) in [6.45, 7) is 0. The van der Waals surface area contributed by atoms with Gasteiger partial charge in [-0.3, -0.25) is 0 Å². The number of cyclic esters (lactones) is 4. The summed E-state index contributed by atoms with van der Waals surface area (Å²) < 4.78 is 23.5. The summed E-state index contributed by atoms with van der Waals surface area (Å²) in [7, 11) is 0. The number of para-hydroxylation sites is 8. The summed E-state index contributed by atoms with van der Waals surface area (Å²) in [6, 6.07) is 58.3. The zero-order valence-electron chi connectivity index (χ0n) is 36.5. The van der Waals surface area contributed by atoms with Crippen LogP contribution >= 0.6 is 0 Å². The number of rotatable bonds is 4. The van der Waals surface area contributed by atoms with E-state index in [1.165, 1.54) is 0 Å². The zero-order valence-corrected chi connectivity index (χ0v) is 36.5. The van der Waals surface area contributed by atoms with Crippen molar-refractivity contribution in [3.8, 4) is 45.3 Å². The van der Waals surface area contributed by atoms with Crippen molar-refractivity contribution in [1.29, 1.82) is 0 Å². The summed E-state index contributed by atoms with van der Waals surface area (Å²) in [6.07, 6.45) is 0. The lowest BCUT2D eigenvalue weighted by Crippen LogP contribution is -2.21. The molecule has 10 heteroatoms. The van der Waals surface area contributed by atoms with Gasteiger partial charge in [-0.1, -0.05) is 84.9 Å². The lowest BCUT2D eigenvalue weighted by molar-refractivity contribution is 0.0373. The first kappa shape index (κ1) is 38.3. The number of hydrogen-bond donors (Lipinski definition) is 0. The Balaban J connectivity index is 0.944. The predicted molar refractivity (Wildman–Crippen MR) is 268 cm³/mol. The van der Waals surface area contributed by atoms with Crippen molar-refractivity contribution in [2.24, 2.45) is 0 Å². The average Bonchev–Trinajstić information content (AvgIpc) is 3.39. The fourth-order valence-corrected chi connectivity index (χ4v) is 11.2. The van der Waals surface area contributed by atoms with Crippen molar-refractivity contribution in [3.63, 3.8) is 0 Å². The second-order valence-electron chi connectivity index (χ2n) is 17.7. The van der Waals surface area contributed by atoms with Crippen LogP contribution in [-0.2, 0) is 9.47 Å². The molecule has 4 aliphatic heterocycles. The number of nitrogens with zero attached hydrogens (tertiary/aromatic N) is 2. The van der Waals surface area contributed by atoms with Gasteiger partial charge in [-0.2, -0.15) is 0 Å². The van der Waals surface area contributed by atoms with E-state index >= 15 is 0 Å². The van der Waals surface area contributed by atoms with Crippen molar-refractivity contribution in [3.05, 3.63) is 204 Å². The Hall–Kier alpha value is -9.80. The van der Waals surface area contributed by atoms with Crippen LogP contribution in [0.1, 0.15) is 41.4 Å². The van der Waals surface area contributed by atoms with Crippen molar-refractivity contribution >= 4 is 101 Å². The molecule has 0 fully saturated rings. The van der Waals surface area contributed by atoms with Crippen LogP contribution in [0.2, 0.25) is 0 Å². The molecular formula is C60H30N2O8. The fourth-order valence-electron chi connectivity index (χ4n) is 11.2. The van der Waals surface area contributed by atoms with Crippen LogP contribution in [0.25, 0.3) is 65.3 Å². The highest BCUT2D eigenvalue weighted by molar-refractivity contribution is 6.41. The largest absolute Gasteiger partial charge is 0.453 e. The molecule has 11 aromatic carbocycles. The molecule has 70 heavy (non-hydrogen) atoms. The standard InChI is InChI=1S/C60H30N2O8/c63-57-37-27-26-36-42-30-40(32-19-23-34(24-20-32)62-45-11-3-7-15-49(45)68-50-16-8-4-12-46(50)62)56-54-38(58(64)70-60(56)66)28-25-35(52(42)54)41-29-39(55(59(65)69-57)53(37)51(36)41)31-17-21-33(22-18-31)61-43-9-1-5-13-47(43)67-48-14-6-2-10-44(48)61/h1-30H. The van der Waals surface area contributed by atoms with E-state index < -0.39 is 23.9 Å². The number of benzene rings is 11. The van der Waals surface area contributed by atoms with Gasteiger partial charge >= 0.3 is 23.9 Å². The maximum absolute atomic E-state index is 14.2. The molecule has 0 amide bonds. The van der Waals surface area contributed by atoms with Crippen LogP contribution in [0.15, 0.2) is 182 Å². The van der Waals surface area contributed by atoms with Crippen molar-refractivity contribution in [2.75, 3.05) is 9.80 Å². The molecule has 11 aromatic rings. The molecule has 328 valence electrons. The first-order valence-electron chi connectivity index (χ1n) is 22.7. The quantitative estimate of drug-likeness (QED) is 0.0732. The Bertz CT molecular complexity index is 3850. The molecule has 0 aliphatic carbocycles. The number of fused-ring (bicyclic) bond motifs is 6. The average molecular weight is 907 g/mol. The van der Waals surface area contributed by atoms with Crippen LogP contribution in [0.4, 0.5) is 34.1 Å². The summed E-state index contributed by atoms with van der Waals surface area (Å²) in [5.41, 5.74) is 8.93. The summed E-state index contributed by atoms with van der Waals surface area (Å²) in [4.78, 5) is 60.0. The lowest BCUT2D eigenvalue weighted by atomic mass is 9.80.